The highest BCUT2D eigenvalue weighted by molar-refractivity contribution is 7.92. The van der Waals surface area contributed by atoms with Crippen LogP contribution in [0.2, 0.25) is 0 Å². The molecule has 0 unspecified atom stereocenters. The number of carbonyl (C=O) groups excluding carboxylic acids is 2. The Labute approximate surface area is 228 Å². The van der Waals surface area contributed by atoms with Gasteiger partial charge in [-0.1, -0.05) is 51.1 Å². The molecule has 0 heterocycles. The Bertz CT molecular complexity index is 1350. The number of hydrogen-bond donors (Lipinski definition) is 1. The molecule has 0 radical (unpaired) electrons. The molecule has 10 heteroatoms. The predicted octanol–water partition coefficient (Wildman–Crippen LogP) is 4.74. The number of sulfonamides is 1. The van der Waals surface area contributed by atoms with E-state index >= 15 is 0 Å². The second-order valence-electron chi connectivity index (χ2n) is 9.51. The molecule has 2 amide bonds. The maximum absolute atomic E-state index is 13.9. The third-order valence-electron chi connectivity index (χ3n) is 6.06. The van der Waals surface area contributed by atoms with Gasteiger partial charge in [-0.25, -0.2) is 17.2 Å². The molecule has 208 valence electrons. The lowest BCUT2D eigenvalue weighted by atomic mass is 10.1. The highest BCUT2D eigenvalue weighted by atomic mass is 32.2. The van der Waals surface area contributed by atoms with Crippen molar-refractivity contribution in [1.29, 1.82) is 0 Å². The van der Waals surface area contributed by atoms with Gasteiger partial charge in [-0.15, -0.1) is 0 Å². The predicted molar refractivity (Wildman–Crippen MR) is 146 cm³/mol. The molecule has 7 nitrogen and oxygen atoms in total. The Morgan fingerprint density at radius 1 is 0.872 bits per heavy atom. The van der Waals surface area contributed by atoms with Crippen LogP contribution in [0.15, 0.2) is 83.8 Å². The lowest BCUT2D eigenvalue weighted by molar-refractivity contribution is -0.140. The number of halogens is 2. The first-order valence-electron chi connectivity index (χ1n) is 12.7. The van der Waals surface area contributed by atoms with Crippen LogP contribution >= 0.6 is 0 Å². The van der Waals surface area contributed by atoms with Crippen molar-refractivity contribution < 1.29 is 26.8 Å². The Morgan fingerprint density at radius 3 is 1.97 bits per heavy atom. The molecular formula is C29H33F2N3O4S. The molecule has 39 heavy (non-hydrogen) atoms. The maximum Gasteiger partial charge on any atom is 0.264 e. The number of anilines is 1. The number of hydrogen-bond acceptors (Lipinski definition) is 4. The molecule has 0 fully saturated rings. The van der Waals surface area contributed by atoms with Gasteiger partial charge in [0.1, 0.15) is 24.2 Å². The fourth-order valence-electron chi connectivity index (χ4n) is 3.99. The largest absolute Gasteiger partial charge is 0.354 e. The van der Waals surface area contributed by atoms with Crippen molar-refractivity contribution in [2.45, 2.75) is 44.7 Å². The van der Waals surface area contributed by atoms with Crippen molar-refractivity contribution in [3.8, 4) is 0 Å². The molecule has 1 N–H and O–H groups in total. The summed E-state index contributed by atoms with van der Waals surface area (Å²) in [7, 11) is -4.28. The van der Waals surface area contributed by atoms with E-state index < -0.39 is 40.2 Å². The van der Waals surface area contributed by atoms with Crippen LogP contribution in [0, 0.1) is 17.6 Å². The lowest BCUT2D eigenvalue weighted by Gasteiger charge is -2.33. The van der Waals surface area contributed by atoms with Crippen LogP contribution in [0.25, 0.3) is 0 Å². The van der Waals surface area contributed by atoms with Gasteiger partial charge in [-0.05, 0) is 66.4 Å². The van der Waals surface area contributed by atoms with E-state index in [1.807, 2.05) is 13.8 Å². The van der Waals surface area contributed by atoms with Crippen LogP contribution in [0.1, 0.15) is 32.8 Å². The molecule has 0 aliphatic heterocycles. The van der Waals surface area contributed by atoms with Crippen molar-refractivity contribution in [2.75, 3.05) is 17.4 Å². The molecule has 0 aromatic heterocycles. The van der Waals surface area contributed by atoms with E-state index in [2.05, 4.69) is 5.32 Å². The van der Waals surface area contributed by atoms with Crippen molar-refractivity contribution >= 4 is 27.5 Å². The van der Waals surface area contributed by atoms with Gasteiger partial charge in [-0.2, -0.15) is 0 Å². The van der Waals surface area contributed by atoms with Crippen molar-refractivity contribution in [3.63, 3.8) is 0 Å². The van der Waals surface area contributed by atoms with Gasteiger partial charge in [0.2, 0.25) is 11.8 Å². The summed E-state index contributed by atoms with van der Waals surface area (Å²) in [4.78, 5) is 28.2. The zero-order valence-electron chi connectivity index (χ0n) is 22.2. The van der Waals surface area contributed by atoms with Gasteiger partial charge in [0.15, 0.2) is 0 Å². The van der Waals surface area contributed by atoms with Crippen LogP contribution < -0.4 is 9.62 Å². The Balaban J connectivity index is 2.01. The first-order chi connectivity index (χ1) is 18.5. The van der Waals surface area contributed by atoms with Crippen molar-refractivity contribution in [3.05, 3.63) is 96.1 Å². The molecule has 3 rings (SSSR count). The molecule has 0 aliphatic carbocycles. The van der Waals surface area contributed by atoms with Gasteiger partial charge in [-0.3, -0.25) is 13.9 Å². The van der Waals surface area contributed by atoms with Gasteiger partial charge in [0, 0.05) is 13.1 Å². The molecule has 0 saturated carbocycles. The summed E-state index contributed by atoms with van der Waals surface area (Å²) in [5, 5.41) is 2.85. The molecule has 0 saturated heterocycles. The minimum Gasteiger partial charge on any atom is -0.354 e. The van der Waals surface area contributed by atoms with E-state index in [0.717, 1.165) is 28.6 Å². The number of benzene rings is 3. The molecule has 0 bridgehead atoms. The SMILES string of the molecule is CC[C@@H](C(=O)NCC(C)C)N(Cc1ccc(F)cc1)C(=O)CN(c1ccccc1)S(=O)(=O)c1ccc(F)cc1. The third-order valence-corrected chi connectivity index (χ3v) is 7.85. The molecular weight excluding hydrogens is 524 g/mol. The number of amides is 2. The average Bonchev–Trinajstić information content (AvgIpc) is 2.92. The minimum absolute atomic E-state index is 0.0358. The highest BCUT2D eigenvalue weighted by Gasteiger charge is 2.33. The van der Waals surface area contributed by atoms with Gasteiger partial charge < -0.3 is 10.2 Å². The van der Waals surface area contributed by atoms with Gasteiger partial charge >= 0.3 is 0 Å². The first kappa shape index (κ1) is 29.8. The number of para-hydroxylation sites is 1. The fraction of sp³-hybridized carbons (Fsp3) is 0.310. The van der Waals surface area contributed by atoms with Crippen LogP contribution in [0.5, 0.6) is 0 Å². The topological polar surface area (TPSA) is 86.8 Å². The summed E-state index contributed by atoms with van der Waals surface area (Å²) in [6.07, 6.45) is 0.271. The summed E-state index contributed by atoms with van der Waals surface area (Å²) < 4.78 is 55.3. The van der Waals surface area contributed by atoms with Crippen molar-refractivity contribution in [2.24, 2.45) is 5.92 Å². The molecule has 0 spiro atoms. The molecule has 1 atom stereocenters. The second-order valence-corrected chi connectivity index (χ2v) is 11.4. The van der Waals surface area contributed by atoms with E-state index in [1.54, 1.807) is 37.3 Å². The molecule has 0 aliphatic rings. The quantitative estimate of drug-likeness (QED) is 0.349. The third kappa shape index (κ3) is 7.86. The Hall–Kier alpha value is -3.79. The zero-order valence-corrected chi connectivity index (χ0v) is 23.0. The summed E-state index contributed by atoms with van der Waals surface area (Å²) in [5.41, 5.74) is 0.807. The normalized spacial score (nSPS) is 12.2. The summed E-state index contributed by atoms with van der Waals surface area (Å²) in [6, 6.07) is 17.1. The summed E-state index contributed by atoms with van der Waals surface area (Å²) >= 11 is 0. The van der Waals surface area contributed by atoms with Gasteiger partial charge in [0.25, 0.3) is 10.0 Å². The number of nitrogens with zero attached hydrogens (tertiary/aromatic N) is 2. The maximum atomic E-state index is 13.9. The monoisotopic (exact) mass is 557 g/mol. The summed E-state index contributed by atoms with van der Waals surface area (Å²) in [6.45, 7) is 5.41. The Kier molecular flexibility index (Phi) is 10.2. The fourth-order valence-corrected chi connectivity index (χ4v) is 5.40. The molecule has 3 aromatic carbocycles. The zero-order chi connectivity index (χ0) is 28.6. The standard InChI is InChI=1S/C29H33F2N3O4S/c1-4-27(29(36)32-18-21(2)3)33(19-22-10-12-23(30)13-11-22)28(35)20-34(25-8-6-5-7-9-25)39(37,38)26-16-14-24(31)15-17-26/h5-17,21,27H,4,18-20H2,1-3H3,(H,32,36)/t27-/m0/s1. The van der Waals surface area contributed by atoms with Crippen LogP contribution in [-0.2, 0) is 26.2 Å². The average molecular weight is 558 g/mol. The van der Waals surface area contributed by atoms with E-state index in [4.69, 9.17) is 0 Å². The van der Waals surface area contributed by atoms with E-state index in [-0.39, 0.29) is 35.4 Å². The van der Waals surface area contributed by atoms with E-state index in [0.29, 0.717) is 12.1 Å². The number of carbonyl (C=O) groups is 2. The minimum atomic E-state index is -4.28. The van der Waals surface area contributed by atoms with Gasteiger partial charge in [0.05, 0.1) is 10.6 Å². The Morgan fingerprint density at radius 2 is 1.44 bits per heavy atom. The second kappa shape index (κ2) is 13.3. The molecule has 3 aromatic rings. The first-order valence-corrected chi connectivity index (χ1v) is 14.1. The van der Waals surface area contributed by atoms with Crippen LogP contribution in [0.3, 0.4) is 0 Å². The lowest BCUT2D eigenvalue weighted by Crippen LogP contribution is -2.52. The highest BCUT2D eigenvalue weighted by Crippen LogP contribution is 2.25. The number of nitrogens with one attached hydrogen (secondary N) is 1. The van der Waals surface area contributed by atoms with Crippen LogP contribution in [-0.4, -0.2) is 44.3 Å². The van der Waals surface area contributed by atoms with Crippen LogP contribution in [0.4, 0.5) is 14.5 Å². The summed E-state index contributed by atoms with van der Waals surface area (Å²) in [5.74, 6) is -1.85. The smallest absolute Gasteiger partial charge is 0.264 e. The van der Waals surface area contributed by atoms with E-state index in [9.17, 15) is 26.8 Å². The van der Waals surface area contributed by atoms with Crippen molar-refractivity contribution in [1.82, 2.24) is 10.2 Å². The van der Waals surface area contributed by atoms with E-state index in [1.165, 1.54) is 29.2 Å². The number of rotatable bonds is 12.